The van der Waals surface area contributed by atoms with Crippen molar-refractivity contribution < 1.29 is 25.8 Å². The van der Waals surface area contributed by atoms with Gasteiger partial charge in [0.2, 0.25) is 0 Å². The average Bonchev–Trinajstić information content (AvgIpc) is 3.91. The monoisotopic (exact) mass is 948 g/mol. The molecule has 7 heteroatoms. The maximum atomic E-state index is 6.60. The fourth-order valence-electron chi connectivity index (χ4n) is 8.89. The molecular weight excluding hydrogens is 906 g/mol. The number of pyridine rings is 1. The van der Waals surface area contributed by atoms with Crippen LogP contribution in [0.5, 0.6) is 11.5 Å². The Balaban J connectivity index is 0.00000449. The van der Waals surface area contributed by atoms with Gasteiger partial charge in [-0.15, -0.1) is 35.7 Å². The standard InChI is InChI=1S/C52H43N5O.Pt/c1-6-35-18-13-23-44-45-24-14-19-36(7-2)52(45)55(51(35)44)38-28-29-53-48(31-38)56-46-25-12-11-22-42(46)43-27-26-41(32-47(43)56)58-40-21-15-20-39(30-40)57-50(33(3)4)49(34(5)54-57)37-16-9-8-10-17-37;/h8-29,31,33H,6-7H2,1-5H3;/q-2;+2. The van der Waals surface area contributed by atoms with Crippen molar-refractivity contribution in [3.63, 3.8) is 0 Å². The molecule has 0 atom stereocenters. The SMILES string of the molecule is CCc1cccc2c3cccc(CC)c3n(-c3ccnc(-n4c5[c-]c(Oc6[c-]c(-n7nc(C)c(-c8ccccc8)c7C(C)C)ccc6)ccc5c5ccccc54)c3)c12.[Pt+2]. The predicted molar refractivity (Wildman–Crippen MR) is 237 cm³/mol. The molecular formula is C52H43N5OPt. The van der Waals surface area contributed by atoms with Crippen LogP contribution in [0.25, 0.3) is 71.9 Å². The first kappa shape index (κ1) is 38.3. The molecule has 0 radical (unpaired) electrons. The Labute approximate surface area is 359 Å². The summed E-state index contributed by atoms with van der Waals surface area (Å²) in [5.41, 5.74) is 13.4. The molecule has 0 saturated carbocycles. The molecule has 0 fully saturated rings. The van der Waals surface area contributed by atoms with E-state index in [0.29, 0.717) is 11.5 Å². The van der Waals surface area contributed by atoms with Crippen molar-refractivity contribution in [3.05, 3.63) is 174 Å². The van der Waals surface area contributed by atoms with Gasteiger partial charge in [-0.2, -0.15) is 17.2 Å². The van der Waals surface area contributed by atoms with Gasteiger partial charge in [-0.25, -0.2) is 4.98 Å². The summed E-state index contributed by atoms with van der Waals surface area (Å²) in [7, 11) is 0. The first-order chi connectivity index (χ1) is 28.4. The van der Waals surface area contributed by atoms with E-state index in [4.69, 9.17) is 14.8 Å². The van der Waals surface area contributed by atoms with Crippen LogP contribution < -0.4 is 4.74 Å². The van der Waals surface area contributed by atoms with Gasteiger partial charge >= 0.3 is 21.1 Å². The van der Waals surface area contributed by atoms with Gasteiger partial charge in [0.25, 0.3) is 0 Å². The number of nitrogens with zero attached hydrogens (tertiary/aromatic N) is 5. The van der Waals surface area contributed by atoms with Gasteiger partial charge in [0.1, 0.15) is 5.82 Å². The topological polar surface area (TPSA) is 49.8 Å². The summed E-state index contributed by atoms with van der Waals surface area (Å²) in [6.07, 6.45) is 3.80. The van der Waals surface area contributed by atoms with Crippen LogP contribution in [-0.2, 0) is 33.9 Å². The summed E-state index contributed by atoms with van der Waals surface area (Å²) < 4.78 is 13.3. The number of rotatable bonds is 9. The third kappa shape index (κ3) is 6.38. The second kappa shape index (κ2) is 15.5. The summed E-state index contributed by atoms with van der Waals surface area (Å²) in [5, 5.41) is 9.78. The molecule has 0 aliphatic heterocycles. The molecule has 10 aromatic rings. The van der Waals surface area contributed by atoms with Crippen molar-refractivity contribution in [2.75, 3.05) is 0 Å². The second-order valence-electron chi connectivity index (χ2n) is 15.3. The molecule has 0 saturated heterocycles. The molecule has 59 heavy (non-hydrogen) atoms. The summed E-state index contributed by atoms with van der Waals surface area (Å²) >= 11 is 0. The summed E-state index contributed by atoms with van der Waals surface area (Å²) in [6, 6.07) is 54.0. The molecule has 0 aliphatic carbocycles. The number of ether oxygens (including phenoxy) is 1. The van der Waals surface area contributed by atoms with Gasteiger partial charge in [-0.05, 0) is 65.6 Å². The van der Waals surface area contributed by atoms with E-state index in [2.05, 4.69) is 159 Å². The average molecular weight is 949 g/mol. The maximum Gasteiger partial charge on any atom is 2.00 e. The molecule has 292 valence electrons. The number of aryl methyl sites for hydroxylation is 3. The van der Waals surface area contributed by atoms with E-state index in [0.717, 1.165) is 74.4 Å². The maximum absolute atomic E-state index is 6.60. The van der Waals surface area contributed by atoms with Gasteiger partial charge in [-0.1, -0.05) is 118 Å². The Morgan fingerprint density at radius 2 is 1.31 bits per heavy atom. The zero-order valence-electron chi connectivity index (χ0n) is 33.7. The fourth-order valence-corrected chi connectivity index (χ4v) is 8.89. The van der Waals surface area contributed by atoms with E-state index in [9.17, 15) is 0 Å². The zero-order valence-corrected chi connectivity index (χ0v) is 36.0. The van der Waals surface area contributed by atoms with Crippen LogP contribution in [0.15, 0.2) is 140 Å². The van der Waals surface area contributed by atoms with E-state index in [1.165, 1.54) is 32.9 Å². The van der Waals surface area contributed by atoms with E-state index < -0.39 is 0 Å². The number of benzene rings is 6. The Hall–Kier alpha value is -6.23. The van der Waals surface area contributed by atoms with Gasteiger partial charge in [0, 0.05) is 45.6 Å². The van der Waals surface area contributed by atoms with Crippen LogP contribution in [0.3, 0.4) is 0 Å². The minimum absolute atomic E-state index is 0. The van der Waals surface area contributed by atoms with Crippen molar-refractivity contribution in [3.8, 4) is 39.8 Å². The normalized spacial score (nSPS) is 11.6. The minimum Gasteiger partial charge on any atom is -0.509 e. The van der Waals surface area contributed by atoms with Crippen LogP contribution in [0.2, 0.25) is 0 Å². The van der Waals surface area contributed by atoms with Crippen molar-refractivity contribution >= 4 is 43.6 Å². The molecule has 0 bridgehead atoms. The van der Waals surface area contributed by atoms with E-state index in [-0.39, 0.29) is 27.0 Å². The molecule has 4 heterocycles. The predicted octanol–water partition coefficient (Wildman–Crippen LogP) is 13.1. The molecule has 10 rings (SSSR count). The van der Waals surface area contributed by atoms with Gasteiger partial charge < -0.3 is 13.9 Å². The molecule has 0 unspecified atom stereocenters. The molecule has 0 amide bonds. The number of fused-ring (bicyclic) bond motifs is 6. The Bertz CT molecular complexity index is 3110. The van der Waals surface area contributed by atoms with Crippen LogP contribution in [0.1, 0.15) is 56.1 Å². The molecule has 4 aromatic heterocycles. The van der Waals surface area contributed by atoms with E-state index in [1.54, 1.807) is 0 Å². The third-order valence-electron chi connectivity index (χ3n) is 11.4. The molecule has 0 N–H and O–H groups in total. The van der Waals surface area contributed by atoms with Crippen LogP contribution in [-0.4, -0.2) is 23.9 Å². The first-order valence-electron chi connectivity index (χ1n) is 20.2. The molecule has 0 aliphatic rings. The number of hydrogen-bond acceptors (Lipinski definition) is 3. The van der Waals surface area contributed by atoms with Gasteiger partial charge in [0.05, 0.1) is 28.1 Å². The second-order valence-corrected chi connectivity index (χ2v) is 15.3. The van der Waals surface area contributed by atoms with E-state index >= 15 is 0 Å². The largest absolute Gasteiger partial charge is 2.00 e. The molecule has 6 nitrogen and oxygen atoms in total. The smallest absolute Gasteiger partial charge is 0.509 e. The summed E-state index contributed by atoms with van der Waals surface area (Å²) in [4.78, 5) is 5.02. The van der Waals surface area contributed by atoms with Crippen molar-refractivity contribution in [1.29, 1.82) is 0 Å². The van der Waals surface area contributed by atoms with Crippen LogP contribution in [0, 0.1) is 19.1 Å². The third-order valence-corrected chi connectivity index (χ3v) is 11.4. The molecule has 6 aromatic carbocycles. The first-order valence-corrected chi connectivity index (χ1v) is 20.2. The van der Waals surface area contributed by atoms with Crippen molar-refractivity contribution in [1.82, 2.24) is 23.9 Å². The fraction of sp³-hybridized carbons (Fsp3) is 0.154. The van der Waals surface area contributed by atoms with Gasteiger partial charge in [-0.3, -0.25) is 4.68 Å². The summed E-state index contributed by atoms with van der Waals surface area (Å²) in [5.74, 6) is 2.23. The summed E-state index contributed by atoms with van der Waals surface area (Å²) in [6.45, 7) is 11.0. The Morgan fingerprint density at radius 1 is 0.644 bits per heavy atom. The van der Waals surface area contributed by atoms with Crippen molar-refractivity contribution in [2.45, 2.75) is 53.4 Å². The van der Waals surface area contributed by atoms with E-state index in [1.807, 2.05) is 41.2 Å². The number of aromatic nitrogens is 5. The number of hydrogen-bond donors (Lipinski definition) is 0. The van der Waals surface area contributed by atoms with Crippen LogP contribution >= 0.6 is 0 Å². The zero-order chi connectivity index (χ0) is 39.5. The Morgan fingerprint density at radius 3 is 2.02 bits per heavy atom. The number of para-hydroxylation sites is 3. The molecule has 0 spiro atoms. The minimum atomic E-state index is 0. The van der Waals surface area contributed by atoms with Crippen LogP contribution in [0.4, 0.5) is 0 Å². The van der Waals surface area contributed by atoms with Gasteiger partial charge in [0.15, 0.2) is 0 Å². The Kier molecular flexibility index (Phi) is 10.1. The van der Waals surface area contributed by atoms with Crippen molar-refractivity contribution in [2.24, 2.45) is 0 Å². The quantitative estimate of drug-likeness (QED) is 0.135.